The van der Waals surface area contributed by atoms with Gasteiger partial charge in [-0.15, -0.1) is 5.10 Å². The fraction of sp³-hybridized carbons (Fsp3) is 0.850. The molecule has 1 saturated carbocycles. The van der Waals surface area contributed by atoms with Crippen LogP contribution in [-0.2, 0) is 11.3 Å². The van der Waals surface area contributed by atoms with Gasteiger partial charge in [0, 0.05) is 33.3 Å². The van der Waals surface area contributed by atoms with Crippen LogP contribution in [0.2, 0.25) is 0 Å². The van der Waals surface area contributed by atoms with Crippen molar-refractivity contribution in [1.29, 1.82) is 0 Å². The summed E-state index contributed by atoms with van der Waals surface area (Å²) in [4.78, 5) is 14.8. The molecule has 0 spiro atoms. The molecule has 7 nitrogen and oxygen atoms in total. The number of hydrogen-bond acceptors (Lipinski definition) is 5. The molecule has 1 aliphatic heterocycles. The summed E-state index contributed by atoms with van der Waals surface area (Å²) in [5, 5.41) is 11.3. The predicted molar refractivity (Wildman–Crippen MR) is 105 cm³/mol. The number of hydrogen-bond donors (Lipinski definition) is 1. The highest BCUT2D eigenvalue weighted by molar-refractivity contribution is 5.91. The Morgan fingerprint density at radius 2 is 2.00 bits per heavy atom. The standard InChI is InChI=1S/C20H35N5O2/c1-27-13-12-24-10-5-8-18(15-24)14-21-20(26)19-16-25(23-22-19)11-9-17-6-3-2-4-7-17/h16-18H,2-15H2,1H3,(H,21,26). The Morgan fingerprint density at radius 3 is 2.81 bits per heavy atom. The van der Waals surface area contributed by atoms with E-state index in [1.807, 2.05) is 4.68 Å². The van der Waals surface area contributed by atoms with Crippen molar-refractivity contribution >= 4 is 5.91 Å². The maximum Gasteiger partial charge on any atom is 0.273 e. The van der Waals surface area contributed by atoms with E-state index >= 15 is 0 Å². The zero-order valence-electron chi connectivity index (χ0n) is 16.7. The van der Waals surface area contributed by atoms with E-state index in [4.69, 9.17) is 4.74 Å². The third kappa shape index (κ3) is 6.57. The van der Waals surface area contributed by atoms with Gasteiger partial charge in [-0.25, -0.2) is 0 Å². The minimum absolute atomic E-state index is 0.104. The third-order valence-electron chi connectivity index (χ3n) is 6.03. The van der Waals surface area contributed by atoms with Crippen LogP contribution in [0.1, 0.15) is 61.9 Å². The molecule has 0 radical (unpaired) electrons. The van der Waals surface area contributed by atoms with E-state index in [1.54, 1.807) is 13.3 Å². The number of nitrogens with one attached hydrogen (secondary N) is 1. The van der Waals surface area contributed by atoms with Crippen LogP contribution in [0.3, 0.4) is 0 Å². The molecule has 1 atom stereocenters. The van der Waals surface area contributed by atoms with Crippen molar-refractivity contribution in [1.82, 2.24) is 25.2 Å². The van der Waals surface area contributed by atoms with Crippen molar-refractivity contribution < 1.29 is 9.53 Å². The van der Waals surface area contributed by atoms with Crippen LogP contribution in [0.15, 0.2) is 6.20 Å². The molecule has 27 heavy (non-hydrogen) atoms. The molecular weight excluding hydrogens is 342 g/mol. The van der Waals surface area contributed by atoms with Crippen molar-refractivity contribution in [3.05, 3.63) is 11.9 Å². The van der Waals surface area contributed by atoms with Gasteiger partial charge >= 0.3 is 0 Å². The maximum absolute atomic E-state index is 12.4. The second-order valence-electron chi connectivity index (χ2n) is 8.17. The average Bonchev–Trinajstić information content (AvgIpc) is 3.19. The molecule has 7 heteroatoms. The zero-order chi connectivity index (χ0) is 18.9. The van der Waals surface area contributed by atoms with Crippen molar-refractivity contribution in [2.45, 2.75) is 57.9 Å². The van der Waals surface area contributed by atoms with Crippen LogP contribution in [0.25, 0.3) is 0 Å². The van der Waals surface area contributed by atoms with Crippen molar-refractivity contribution in [3.8, 4) is 0 Å². The monoisotopic (exact) mass is 377 g/mol. The number of ether oxygens (including phenoxy) is 1. The smallest absolute Gasteiger partial charge is 0.273 e. The number of aryl methyl sites for hydroxylation is 1. The summed E-state index contributed by atoms with van der Waals surface area (Å²) in [6, 6.07) is 0. The first-order valence-corrected chi connectivity index (χ1v) is 10.6. The summed E-state index contributed by atoms with van der Waals surface area (Å²) >= 11 is 0. The largest absolute Gasteiger partial charge is 0.383 e. The average molecular weight is 378 g/mol. The molecule has 2 aliphatic rings. The number of rotatable bonds is 9. The van der Waals surface area contributed by atoms with Crippen LogP contribution >= 0.6 is 0 Å². The van der Waals surface area contributed by atoms with Crippen molar-refractivity contribution in [2.24, 2.45) is 11.8 Å². The first kappa shape index (κ1) is 20.3. The van der Waals surface area contributed by atoms with Crippen LogP contribution in [0, 0.1) is 11.8 Å². The van der Waals surface area contributed by atoms with Gasteiger partial charge in [-0.1, -0.05) is 37.3 Å². The molecule has 2 fully saturated rings. The Kier molecular flexibility index (Phi) is 8.08. The Bertz CT molecular complexity index is 570. The van der Waals surface area contributed by atoms with Crippen LogP contribution < -0.4 is 5.32 Å². The van der Waals surface area contributed by atoms with E-state index in [0.29, 0.717) is 18.2 Å². The molecule has 1 aromatic heterocycles. The molecule has 152 valence electrons. The highest BCUT2D eigenvalue weighted by atomic mass is 16.5. The first-order valence-electron chi connectivity index (χ1n) is 10.6. The molecule has 1 N–H and O–H groups in total. The number of methoxy groups -OCH3 is 1. The third-order valence-corrected chi connectivity index (χ3v) is 6.03. The minimum atomic E-state index is -0.104. The maximum atomic E-state index is 12.4. The lowest BCUT2D eigenvalue weighted by Crippen LogP contribution is -2.42. The van der Waals surface area contributed by atoms with E-state index in [9.17, 15) is 4.79 Å². The summed E-state index contributed by atoms with van der Waals surface area (Å²) in [5.74, 6) is 1.21. The Hall–Kier alpha value is -1.47. The molecule has 1 aliphatic carbocycles. The summed E-state index contributed by atoms with van der Waals surface area (Å²) in [7, 11) is 1.74. The van der Waals surface area contributed by atoms with Gasteiger partial charge in [0.25, 0.3) is 5.91 Å². The Morgan fingerprint density at radius 1 is 1.19 bits per heavy atom. The summed E-state index contributed by atoms with van der Waals surface area (Å²) in [5.41, 5.74) is 0.436. The molecule has 0 aromatic carbocycles. The SMILES string of the molecule is COCCN1CCCC(CNC(=O)c2cn(CCC3CCCCC3)nn2)C1. The molecule has 0 bridgehead atoms. The number of aromatic nitrogens is 3. The Labute approximate surface area is 162 Å². The van der Waals surface area contributed by atoms with Gasteiger partial charge in [-0.3, -0.25) is 9.48 Å². The normalized spacial score (nSPS) is 22.0. The molecule has 1 amide bonds. The zero-order valence-corrected chi connectivity index (χ0v) is 16.7. The lowest BCUT2D eigenvalue weighted by atomic mass is 9.87. The highest BCUT2D eigenvalue weighted by Crippen LogP contribution is 2.26. The minimum Gasteiger partial charge on any atom is -0.383 e. The van der Waals surface area contributed by atoms with Crippen LogP contribution in [-0.4, -0.2) is 65.7 Å². The molecule has 1 saturated heterocycles. The topological polar surface area (TPSA) is 72.3 Å². The van der Waals surface area contributed by atoms with Crippen molar-refractivity contribution in [2.75, 3.05) is 39.9 Å². The number of likely N-dealkylation sites (tertiary alicyclic amines) is 1. The second-order valence-corrected chi connectivity index (χ2v) is 8.17. The fourth-order valence-corrected chi connectivity index (χ4v) is 4.37. The quantitative estimate of drug-likeness (QED) is 0.715. The van der Waals surface area contributed by atoms with Crippen LogP contribution in [0.4, 0.5) is 0 Å². The predicted octanol–water partition coefficient (Wildman–Crippen LogP) is 2.34. The van der Waals surface area contributed by atoms with E-state index in [2.05, 4.69) is 20.5 Å². The number of carbonyl (C=O) groups excluding carboxylic acids is 1. The number of amides is 1. The molecule has 1 unspecified atom stereocenters. The lowest BCUT2D eigenvalue weighted by Gasteiger charge is -2.32. The first-order chi connectivity index (χ1) is 13.2. The summed E-state index contributed by atoms with van der Waals surface area (Å²) in [6.07, 6.45) is 12.1. The summed E-state index contributed by atoms with van der Waals surface area (Å²) < 4.78 is 7.00. The van der Waals surface area contributed by atoms with E-state index in [-0.39, 0.29) is 5.91 Å². The number of carbonyl (C=O) groups is 1. The second kappa shape index (κ2) is 10.8. The Balaban J connectivity index is 1.38. The van der Waals surface area contributed by atoms with Gasteiger partial charge in [-0.05, 0) is 37.6 Å². The van der Waals surface area contributed by atoms with Crippen molar-refractivity contribution in [3.63, 3.8) is 0 Å². The summed E-state index contributed by atoms with van der Waals surface area (Å²) in [6.45, 7) is 5.46. The number of piperidine rings is 1. The number of nitrogens with zero attached hydrogens (tertiary/aromatic N) is 4. The highest BCUT2D eigenvalue weighted by Gasteiger charge is 2.21. The van der Waals surface area contributed by atoms with Crippen LogP contribution in [0.5, 0.6) is 0 Å². The van der Waals surface area contributed by atoms with Gasteiger partial charge in [0.05, 0.1) is 12.8 Å². The lowest BCUT2D eigenvalue weighted by molar-refractivity contribution is 0.0908. The fourth-order valence-electron chi connectivity index (χ4n) is 4.37. The van der Waals surface area contributed by atoms with Gasteiger partial charge < -0.3 is 15.0 Å². The van der Waals surface area contributed by atoms with Gasteiger partial charge in [0.2, 0.25) is 0 Å². The van der Waals surface area contributed by atoms with Gasteiger partial charge in [-0.2, -0.15) is 0 Å². The van der Waals surface area contributed by atoms with E-state index < -0.39 is 0 Å². The van der Waals surface area contributed by atoms with Gasteiger partial charge in [0.1, 0.15) is 0 Å². The molecule has 1 aromatic rings. The molecular formula is C20H35N5O2. The molecule has 3 rings (SSSR count). The van der Waals surface area contributed by atoms with E-state index in [1.165, 1.54) is 38.5 Å². The van der Waals surface area contributed by atoms with Gasteiger partial charge in [0.15, 0.2) is 5.69 Å². The van der Waals surface area contributed by atoms with E-state index in [0.717, 1.165) is 51.5 Å². The molecule has 2 heterocycles.